The summed E-state index contributed by atoms with van der Waals surface area (Å²) in [5, 5.41) is 0. The lowest BCUT2D eigenvalue weighted by molar-refractivity contribution is 0.434. The third kappa shape index (κ3) is 2.05. The van der Waals surface area contributed by atoms with Gasteiger partial charge in [-0.2, -0.15) is 0 Å². The number of nitrogens with zero attached hydrogens (tertiary/aromatic N) is 1. The largest absolute Gasteiger partial charge is 0.320 e. The molecule has 2 N–H and O–H groups in total. The molecule has 1 rings (SSSR count). The van der Waals surface area contributed by atoms with Crippen molar-refractivity contribution < 1.29 is 0 Å². The molecule has 0 amide bonds. The second-order valence-corrected chi connectivity index (χ2v) is 3.38. The first kappa shape index (κ1) is 9.20. The molecule has 0 fully saturated rings. The average molecular weight is 164 g/mol. The van der Waals surface area contributed by atoms with Gasteiger partial charge in [0.15, 0.2) is 0 Å². The van der Waals surface area contributed by atoms with Gasteiger partial charge < -0.3 is 5.73 Å². The second kappa shape index (κ2) is 3.68. The van der Waals surface area contributed by atoms with Crippen molar-refractivity contribution in [3.8, 4) is 0 Å². The molecule has 66 valence electrons. The van der Waals surface area contributed by atoms with Crippen LogP contribution in [0.15, 0.2) is 24.4 Å². The van der Waals surface area contributed by atoms with Crippen LogP contribution < -0.4 is 5.73 Å². The van der Waals surface area contributed by atoms with Gasteiger partial charge in [-0.25, -0.2) is 0 Å². The normalized spacial score (nSPS) is 15.6. The van der Waals surface area contributed by atoms with E-state index in [1.54, 1.807) is 6.20 Å². The predicted octanol–water partition coefficient (Wildman–Crippen LogP) is 2.06. The Morgan fingerprint density at radius 2 is 2.25 bits per heavy atom. The summed E-state index contributed by atoms with van der Waals surface area (Å²) in [4.78, 5) is 4.24. The van der Waals surface area contributed by atoms with Crippen molar-refractivity contribution in [2.45, 2.75) is 32.2 Å². The maximum absolute atomic E-state index is 6.09. The molecule has 0 bridgehead atoms. The summed E-state index contributed by atoms with van der Waals surface area (Å²) in [5.41, 5.74) is 6.80. The second-order valence-electron chi connectivity index (χ2n) is 3.38. The van der Waals surface area contributed by atoms with Gasteiger partial charge in [-0.15, -0.1) is 0 Å². The smallest absolute Gasteiger partial charge is 0.0599 e. The molecule has 2 heteroatoms. The van der Waals surface area contributed by atoms with E-state index in [2.05, 4.69) is 11.9 Å². The first-order valence-electron chi connectivity index (χ1n) is 4.37. The Morgan fingerprint density at radius 3 is 2.75 bits per heavy atom. The summed E-state index contributed by atoms with van der Waals surface area (Å²) in [6.45, 7) is 4.16. The topological polar surface area (TPSA) is 38.9 Å². The number of hydrogen-bond acceptors (Lipinski definition) is 2. The van der Waals surface area contributed by atoms with Gasteiger partial charge in [0.2, 0.25) is 0 Å². The number of rotatable bonds is 3. The molecule has 0 aliphatic rings. The van der Waals surface area contributed by atoms with Crippen molar-refractivity contribution in [2.24, 2.45) is 5.73 Å². The van der Waals surface area contributed by atoms with Gasteiger partial charge in [-0.05, 0) is 25.5 Å². The summed E-state index contributed by atoms with van der Waals surface area (Å²) < 4.78 is 0. The summed E-state index contributed by atoms with van der Waals surface area (Å²) in [6.07, 6.45) is 3.85. The summed E-state index contributed by atoms with van der Waals surface area (Å²) >= 11 is 0. The van der Waals surface area contributed by atoms with E-state index in [1.165, 1.54) is 0 Å². The fourth-order valence-corrected chi connectivity index (χ4v) is 1.35. The van der Waals surface area contributed by atoms with Crippen molar-refractivity contribution in [1.82, 2.24) is 4.98 Å². The third-order valence-corrected chi connectivity index (χ3v) is 2.02. The van der Waals surface area contributed by atoms with Crippen molar-refractivity contribution in [3.63, 3.8) is 0 Å². The minimum absolute atomic E-state index is 0.268. The van der Waals surface area contributed by atoms with E-state index < -0.39 is 0 Å². The predicted molar refractivity (Wildman–Crippen MR) is 50.7 cm³/mol. The van der Waals surface area contributed by atoms with Crippen molar-refractivity contribution in [2.75, 3.05) is 0 Å². The zero-order chi connectivity index (χ0) is 9.03. The highest BCUT2D eigenvalue weighted by Crippen LogP contribution is 2.20. The Bertz CT molecular complexity index is 229. The van der Waals surface area contributed by atoms with Crippen molar-refractivity contribution in [1.29, 1.82) is 0 Å². The molecule has 1 aromatic rings. The van der Waals surface area contributed by atoms with Crippen LogP contribution in [-0.2, 0) is 5.54 Å². The summed E-state index contributed by atoms with van der Waals surface area (Å²) in [6, 6.07) is 5.87. The third-order valence-electron chi connectivity index (χ3n) is 2.02. The van der Waals surface area contributed by atoms with Gasteiger partial charge in [-0.3, -0.25) is 4.98 Å². The van der Waals surface area contributed by atoms with Gasteiger partial charge in [0.1, 0.15) is 0 Å². The standard InChI is InChI=1S/C10H16N2/c1-3-7-10(2,11)9-6-4-5-8-12-9/h4-6,8H,3,7,11H2,1-2H3. The highest BCUT2D eigenvalue weighted by atomic mass is 14.8. The van der Waals surface area contributed by atoms with Gasteiger partial charge in [0.25, 0.3) is 0 Å². The van der Waals surface area contributed by atoms with Crippen LogP contribution in [0.25, 0.3) is 0 Å². The quantitative estimate of drug-likeness (QED) is 0.742. The number of hydrogen-bond donors (Lipinski definition) is 1. The Morgan fingerprint density at radius 1 is 1.50 bits per heavy atom. The molecule has 0 radical (unpaired) electrons. The van der Waals surface area contributed by atoms with Crippen LogP contribution in [-0.4, -0.2) is 4.98 Å². The lowest BCUT2D eigenvalue weighted by atomic mass is 9.93. The lowest BCUT2D eigenvalue weighted by Gasteiger charge is -2.22. The molecular formula is C10H16N2. The van der Waals surface area contributed by atoms with E-state index >= 15 is 0 Å². The Balaban J connectivity index is 2.82. The van der Waals surface area contributed by atoms with Gasteiger partial charge in [0.05, 0.1) is 11.2 Å². The maximum atomic E-state index is 6.09. The molecule has 1 atom stereocenters. The molecule has 0 aliphatic heterocycles. The molecule has 0 saturated carbocycles. The van der Waals surface area contributed by atoms with Gasteiger partial charge >= 0.3 is 0 Å². The van der Waals surface area contributed by atoms with E-state index in [1.807, 2.05) is 25.1 Å². The fraction of sp³-hybridized carbons (Fsp3) is 0.500. The summed E-state index contributed by atoms with van der Waals surface area (Å²) in [5.74, 6) is 0. The van der Waals surface area contributed by atoms with Crippen LogP contribution in [0.4, 0.5) is 0 Å². The maximum Gasteiger partial charge on any atom is 0.0599 e. The van der Waals surface area contributed by atoms with Crippen LogP contribution >= 0.6 is 0 Å². The number of aromatic nitrogens is 1. The van der Waals surface area contributed by atoms with Crippen molar-refractivity contribution >= 4 is 0 Å². The minimum atomic E-state index is -0.268. The van der Waals surface area contributed by atoms with E-state index in [9.17, 15) is 0 Å². The fourth-order valence-electron chi connectivity index (χ4n) is 1.35. The van der Waals surface area contributed by atoms with Crippen LogP contribution in [0.3, 0.4) is 0 Å². The van der Waals surface area contributed by atoms with E-state index in [0.717, 1.165) is 18.5 Å². The molecular weight excluding hydrogens is 148 g/mol. The molecule has 1 aromatic heterocycles. The Hall–Kier alpha value is -0.890. The van der Waals surface area contributed by atoms with E-state index in [4.69, 9.17) is 5.73 Å². The molecule has 2 nitrogen and oxygen atoms in total. The lowest BCUT2D eigenvalue weighted by Crippen LogP contribution is -2.33. The van der Waals surface area contributed by atoms with Crippen LogP contribution in [0, 0.1) is 0 Å². The molecule has 0 spiro atoms. The van der Waals surface area contributed by atoms with Crippen LogP contribution in [0.1, 0.15) is 32.4 Å². The molecule has 1 unspecified atom stereocenters. The molecule has 0 aromatic carbocycles. The monoisotopic (exact) mass is 164 g/mol. The number of pyridine rings is 1. The first-order valence-corrected chi connectivity index (χ1v) is 4.37. The Labute approximate surface area is 73.8 Å². The van der Waals surface area contributed by atoms with Gasteiger partial charge in [-0.1, -0.05) is 19.4 Å². The zero-order valence-electron chi connectivity index (χ0n) is 7.75. The van der Waals surface area contributed by atoms with E-state index in [0.29, 0.717) is 0 Å². The van der Waals surface area contributed by atoms with Crippen LogP contribution in [0.2, 0.25) is 0 Å². The first-order chi connectivity index (χ1) is 5.67. The molecule has 0 saturated heterocycles. The van der Waals surface area contributed by atoms with E-state index in [-0.39, 0.29) is 5.54 Å². The minimum Gasteiger partial charge on any atom is -0.320 e. The van der Waals surface area contributed by atoms with Crippen molar-refractivity contribution in [3.05, 3.63) is 30.1 Å². The Kier molecular flexibility index (Phi) is 2.82. The molecule has 1 heterocycles. The SMILES string of the molecule is CCCC(C)(N)c1ccccn1. The molecule has 12 heavy (non-hydrogen) atoms. The highest BCUT2D eigenvalue weighted by molar-refractivity contribution is 5.13. The van der Waals surface area contributed by atoms with Gasteiger partial charge in [0, 0.05) is 6.20 Å². The zero-order valence-corrected chi connectivity index (χ0v) is 7.75. The van der Waals surface area contributed by atoms with Crippen LogP contribution in [0.5, 0.6) is 0 Å². The highest BCUT2D eigenvalue weighted by Gasteiger charge is 2.20. The number of nitrogens with two attached hydrogens (primary N) is 1. The average Bonchev–Trinajstić information content (AvgIpc) is 2.06. The molecule has 0 aliphatic carbocycles. The summed E-state index contributed by atoms with van der Waals surface area (Å²) in [7, 11) is 0.